The quantitative estimate of drug-likeness (QED) is 0.528. The highest BCUT2D eigenvalue weighted by atomic mass is 16.2. The summed E-state index contributed by atoms with van der Waals surface area (Å²) in [6, 6.07) is 17.7. The van der Waals surface area contributed by atoms with Gasteiger partial charge in [0.2, 0.25) is 5.91 Å². The smallest absolute Gasteiger partial charge is 0.266 e. The molecule has 0 saturated heterocycles. The third-order valence-corrected chi connectivity index (χ3v) is 3.62. The average Bonchev–Trinajstić information content (AvgIpc) is 3.16. The molecule has 0 aliphatic rings. The van der Waals surface area contributed by atoms with Gasteiger partial charge in [-0.05, 0) is 42.5 Å². The van der Waals surface area contributed by atoms with Crippen molar-refractivity contribution in [3.05, 3.63) is 72.1 Å². The number of nitrogens with zero attached hydrogens (tertiary/aromatic N) is 4. The van der Waals surface area contributed by atoms with Crippen molar-refractivity contribution in [3.63, 3.8) is 0 Å². The summed E-state index contributed by atoms with van der Waals surface area (Å²) in [7, 11) is 0. The fraction of sp³-hybridized carbons (Fsp3) is 0.0500. The number of amides is 2. The van der Waals surface area contributed by atoms with Gasteiger partial charge in [-0.3, -0.25) is 9.59 Å². The summed E-state index contributed by atoms with van der Waals surface area (Å²) in [6.45, 7) is 1.41. The summed E-state index contributed by atoms with van der Waals surface area (Å²) in [5.41, 5.74) is 2.15. The number of hydrogen-bond acceptors (Lipinski definition) is 5. The molecule has 2 aromatic carbocycles. The van der Waals surface area contributed by atoms with Crippen LogP contribution in [0, 0.1) is 11.3 Å². The second-order valence-electron chi connectivity index (χ2n) is 5.78. The molecule has 138 valence electrons. The lowest BCUT2D eigenvalue weighted by Gasteiger charge is -2.06. The van der Waals surface area contributed by atoms with Crippen molar-refractivity contribution < 1.29 is 9.59 Å². The topological polar surface area (TPSA) is 113 Å². The minimum Gasteiger partial charge on any atom is -0.326 e. The first-order valence-corrected chi connectivity index (χ1v) is 8.34. The summed E-state index contributed by atoms with van der Waals surface area (Å²) >= 11 is 0. The Labute approximate surface area is 161 Å². The fourth-order valence-electron chi connectivity index (χ4n) is 2.36. The molecule has 0 bridgehead atoms. The van der Waals surface area contributed by atoms with Crippen LogP contribution in [-0.4, -0.2) is 26.8 Å². The second-order valence-corrected chi connectivity index (χ2v) is 5.78. The highest BCUT2D eigenvalue weighted by Crippen LogP contribution is 2.15. The average molecular weight is 372 g/mol. The molecule has 3 aromatic rings. The van der Waals surface area contributed by atoms with Crippen molar-refractivity contribution >= 4 is 29.3 Å². The van der Waals surface area contributed by atoms with Crippen LogP contribution >= 0.6 is 0 Å². The van der Waals surface area contributed by atoms with Crippen LogP contribution in [0.1, 0.15) is 12.6 Å². The molecule has 0 radical (unpaired) electrons. The first kappa shape index (κ1) is 18.5. The first-order valence-electron chi connectivity index (χ1n) is 8.34. The van der Waals surface area contributed by atoms with Gasteiger partial charge >= 0.3 is 0 Å². The molecular weight excluding hydrogens is 356 g/mol. The van der Waals surface area contributed by atoms with E-state index in [9.17, 15) is 14.9 Å². The molecule has 2 N–H and O–H groups in total. The second kappa shape index (κ2) is 8.42. The van der Waals surface area contributed by atoms with Crippen LogP contribution in [-0.2, 0) is 9.59 Å². The zero-order valence-corrected chi connectivity index (χ0v) is 15.0. The van der Waals surface area contributed by atoms with Gasteiger partial charge in [0.05, 0.1) is 11.9 Å². The maximum absolute atomic E-state index is 12.4. The Morgan fingerprint density at radius 2 is 1.68 bits per heavy atom. The maximum atomic E-state index is 12.4. The molecule has 0 aliphatic carbocycles. The van der Waals surface area contributed by atoms with E-state index in [2.05, 4.69) is 20.8 Å². The summed E-state index contributed by atoms with van der Waals surface area (Å²) in [5.74, 6) is -0.751. The van der Waals surface area contributed by atoms with E-state index in [0.717, 1.165) is 5.69 Å². The van der Waals surface area contributed by atoms with Gasteiger partial charge in [0.15, 0.2) is 0 Å². The Balaban J connectivity index is 1.72. The Kier molecular flexibility index (Phi) is 5.58. The lowest BCUT2D eigenvalue weighted by molar-refractivity contribution is -0.114. The number of anilines is 2. The largest absolute Gasteiger partial charge is 0.326 e. The summed E-state index contributed by atoms with van der Waals surface area (Å²) in [5, 5.41) is 23.0. The van der Waals surface area contributed by atoms with Gasteiger partial charge in [0.1, 0.15) is 17.3 Å². The number of rotatable bonds is 5. The van der Waals surface area contributed by atoms with Crippen molar-refractivity contribution in [1.82, 2.24) is 15.0 Å². The monoisotopic (exact) mass is 372 g/mol. The lowest BCUT2D eigenvalue weighted by Crippen LogP contribution is -2.13. The fourth-order valence-corrected chi connectivity index (χ4v) is 2.36. The molecule has 0 saturated carbocycles. The Hall–Kier alpha value is -4.25. The maximum Gasteiger partial charge on any atom is 0.266 e. The van der Waals surface area contributed by atoms with Crippen molar-refractivity contribution in [1.29, 1.82) is 5.26 Å². The third-order valence-electron chi connectivity index (χ3n) is 3.62. The van der Waals surface area contributed by atoms with Crippen LogP contribution in [0.3, 0.4) is 0 Å². The number of carbonyl (C=O) groups excluding carboxylic acids is 2. The van der Waals surface area contributed by atoms with Gasteiger partial charge in [-0.15, -0.1) is 5.10 Å². The number of para-hydroxylation sites is 1. The van der Waals surface area contributed by atoms with Crippen LogP contribution < -0.4 is 10.6 Å². The number of carbonyl (C=O) groups is 2. The van der Waals surface area contributed by atoms with Crippen molar-refractivity contribution in [2.75, 3.05) is 10.6 Å². The molecule has 3 rings (SSSR count). The zero-order chi connectivity index (χ0) is 19.9. The molecule has 2 amide bonds. The van der Waals surface area contributed by atoms with Gasteiger partial charge in [-0.2, -0.15) is 15.2 Å². The first-order chi connectivity index (χ1) is 13.5. The number of benzene rings is 2. The highest BCUT2D eigenvalue weighted by Gasteiger charge is 2.11. The Bertz CT molecular complexity index is 1060. The standard InChI is InChI=1S/C20H16N6O2/c1-14(27)23-16-7-9-17(10-8-16)24-20(28)15(12-21)11-18-13-22-26(25-18)19-5-3-2-4-6-19/h2-11,13H,1H3,(H,23,27)(H,24,28)/b15-11+. The van der Waals surface area contributed by atoms with Crippen LogP contribution in [0.2, 0.25) is 0 Å². The van der Waals surface area contributed by atoms with Gasteiger partial charge in [0.25, 0.3) is 5.91 Å². The third kappa shape index (κ3) is 4.68. The molecular formula is C20H16N6O2. The van der Waals surface area contributed by atoms with E-state index >= 15 is 0 Å². The minimum atomic E-state index is -0.566. The highest BCUT2D eigenvalue weighted by molar-refractivity contribution is 6.09. The number of aromatic nitrogens is 3. The summed E-state index contributed by atoms with van der Waals surface area (Å²) < 4.78 is 0. The molecule has 0 spiro atoms. The van der Waals surface area contributed by atoms with E-state index in [0.29, 0.717) is 17.1 Å². The SMILES string of the molecule is CC(=O)Nc1ccc(NC(=O)/C(C#N)=C/c2cnn(-c3ccccc3)n2)cc1. The molecule has 0 unspecified atom stereocenters. The molecule has 0 fully saturated rings. The number of hydrogen-bond donors (Lipinski definition) is 2. The van der Waals surface area contributed by atoms with Crippen LogP contribution in [0.15, 0.2) is 66.4 Å². The Morgan fingerprint density at radius 1 is 1.04 bits per heavy atom. The van der Waals surface area contributed by atoms with E-state index in [1.165, 1.54) is 24.0 Å². The summed E-state index contributed by atoms with van der Waals surface area (Å²) in [6.07, 6.45) is 2.84. The molecule has 1 aromatic heterocycles. The lowest BCUT2D eigenvalue weighted by atomic mass is 10.2. The van der Waals surface area contributed by atoms with Crippen molar-refractivity contribution in [2.24, 2.45) is 0 Å². The number of nitrogens with one attached hydrogen (secondary N) is 2. The Morgan fingerprint density at radius 3 is 2.29 bits per heavy atom. The summed E-state index contributed by atoms with van der Waals surface area (Å²) in [4.78, 5) is 24.8. The van der Waals surface area contributed by atoms with Gasteiger partial charge in [-0.1, -0.05) is 18.2 Å². The van der Waals surface area contributed by atoms with Crippen LogP contribution in [0.25, 0.3) is 11.8 Å². The van der Waals surface area contributed by atoms with E-state index in [4.69, 9.17) is 0 Å². The number of nitriles is 1. The van der Waals surface area contributed by atoms with E-state index in [1.807, 2.05) is 36.4 Å². The minimum absolute atomic E-state index is 0.106. The molecule has 1 heterocycles. The van der Waals surface area contributed by atoms with E-state index in [1.54, 1.807) is 24.3 Å². The van der Waals surface area contributed by atoms with Gasteiger partial charge in [0, 0.05) is 18.3 Å². The molecule has 8 nitrogen and oxygen atoms in total. The van der Waals surface area contributed by atoms with Crippen LogP contribution in [0.5, 0.6) is 0 Å². The molecule has 28 heavy (non-hydrogen) atoms. The van der Waals surface area contributed by atoms with Crippen LogP contribution in [0.4, 0.5) is 11.4 Å². The predicted octanol–water partition coefficient (Wildman–Crippen LogP) is 2.77. The molecule has 0 atom stereocenters. The van der Waals surface area contributed by atoms with Gasteiger partial charge < -0.3 is 10.6 Å². The normalized spacial score (nSPS) is 10.8. The molecule has 0 aliphatic heterocycles. The predicted molar refractivity (Wildman–Crippen MR) is 104 cm³/mol. The zero-order valence-electron chi connectivity index (χ0n) is 15.0. The van der Waals surface area contributed by atoms with Crippen molar-refractivity contribution in [2.45, 2.75) is 6.92 Å². The van der Waals surface area contributed by atoms with E-state index in [-0.39, 0.29) is 11.5 Å². The van der Waals surface area contributed by atoms with Gasteiger partial charge in [-0.25, -0.2) is 0 Å². The van der Waals surface area contributed by atoms with Crippen molar-refractivity contribution in [3.8, 4) is 11.8 Å². The molecule has 8 heteroatoms. The van der Waals surface area contributed by atoms with E-state index < -0.39 is 5.91 Å².